The van der Waals surface area contributed by atoms with Crippen LogP contribution in [0.2, 0.25) is 0 Å². The van der Waals surface area contributed by atoms with Crippen molar-refractivity contribution < 1.29 is 4.79 Å². The van der Waals surface area contributed by atoms with Crippen molar-refractivity contribution in [3.8, 4) is 0 Å². The fraction of sp³-hybridized carbons (Fsp3) is 0.714. The van der Waals surface area contributed by atoms with Crippen LogP contribution in [0.4, 0.5) is 0 Å². The molecule has 0 aliphatic rings. The minimum Gasteiger partial charge on any atom is -0.349 e. The molecular formula is C14H26N4O. The summed E-state index contributed by atoms with van der Waals surface area (Å²) in [6.45, 7) is 5.06. The van der Waals surface area contributed by atoms with E-state index in [9.17, 15) is 4.79 Å². The Hall–Kier alpha value is -1.36. The summed E-state index contributed by atoms with van der Waals surface area (Å²) < 4.78 is 2.07. The highest BCUT2D eigenvalue weighted by Crippen LogP contribution is 2.01. The lowest BCUT2D eigenvalue weighted by Crippen LogP contribution is -2.21. The molecule has 0 saturated carbocycles. The van der Waals surface area contributed by atoms with Crippen LogP contribution >= 0.6 is 0 Å². The van der Waals surface area contributed by atoms with Gasteiger partial charge in [-0.1, -0.05) is 6.92 Å². The Labute approximate surface area is 116 Å². The summed E-state index contributed by atoms with van der Waals surface area (Å²) >= 11 is 0. The molecule has 1 aromatic heterocycles. The quantitative estimate of drug-likeness (QED) is 0.685. The van der Waals surface area contributed by atoms with Crippen LogP contribution in [0.15, 0.2) is 12.5 Å². The lowest BCUT2D eigenvalue weighted by molar-refractivity contribution is -0.128. The molecule has 1 amide bonds. The molecule has 0 aliphatic heterocycles. The van der Waals surface area contributed by atoms with E-state index in [0.29, 0.717) is 6.42 Å². The molecule has 1 N–H and O–H groups in total. The lowest BCUT2D eigenvalue weighted by Gasteiger charge is -2.09. The molecule has 0 aromatic carbocycles. The molecule has 1 rings (SSSR count). The normalized spacial score (nSPS) is 10.7. The molecule has 0 bridgehead atoms. The fourth-order valence-corrected chi connectivity index (χ4v) is 1.81. The molecule has 0 fully saturated rings. The third-order valence-corrected chi connectivity index (χ3v) is 2.98. The average molecular weight is 266 g/mol. The minimum absolute atomic E-state index is 0.184. The summed E-state index contributed by atoms with van der Waals surface area (Å²) in [5.41, 5.74) is 1.11. The molecule has 5 heteroatoms. The van der Waals surface area contributed by atoms with Gasteiger partial charge in [-0.25, -0.2) is 4.98 Å². The number of carbonyl (C=O) groups excluding carboxylic acids is 1. The predicted octanol–water partition coefficient (Wildman–Crippen LogP) is 1.29. The average Bonchev–Trinajstić information content (AvgIpc) is 2.82. The maximum Gasteiger partial charge on any atom is 0.222 e. The molecule has 0 spiro atoms. The summed E-state index contributed by atoms with van der Waals surface area (Å²) in [6.07, 6.45) is 7.51. The van der Waals surface area contributed by atoms with Crippen molar-refractivity contribution >= 4 is 5.91 Å². The zero-order valence-corrected chi connectivity index (χ0v) is 12.4. The second kappa shape index (κ2) is 8.69. The number of rotatable bonds is 9. The van der Waals surface area contributed by atoms with E-state index in [0.717, 1.165) is 44.6 Å². The Kier molecular flexibility index (Phi) is 7.18. The number of hydrogen-bond acceptors (Lipinski definition) is 3. The number of nitrogens with one attached hydrogen (secondary N) is 1. The van der Waals surface area contributed by atoms with E-state index in [-0.39, 0.29) is 5.91 Å². The third kappa shape index (κ3) is 6.38. The van der Waals surface area contributed by atoms with E-state index in [2.05, 4.69) is 28.0 Å². The molecule has 5 nitrogen and oxygen atoms in total. The van der Waals surface area contributed by atoms with Crippen molar-refractivity contribution in [1.29, 1.82) is 0 Å². The van der Waals surface area contributed by atoms with E-state index in [4.69, 9.17) is 0 Å². The van der Waals surface area contributed by atoms with Gasteiger partial charge in [0, 0.05) is 46.2 Å². The molecule has 1 aromatic rings. The summed E-state index contributed by atoms with van der Waals surface area (Å²) in [5.74, 6) is 0.184. The summed E-state index contributed by atoms with van der Waals surface area (Å²) in [6, 6.07) is 0. The monoisotopic (exact) mass is 266 g/mol. The number of aryl methyl sites for hydroxylation is 1. The number of carbonyl (C=O) groups is 1. The van der Waals surface area contributed by atoms with Gasteiger partial charge in [0.25, 0.3) is 0 Å². The predicted molar refractivity (Wildman–Crippen MR) is 77.0 cm³/mol. The van der Waals surface area contributed by atoms with Crippen molar-refractivity contribution in [3.63, 3.8) is 0 Å². The van der Waals surface area contributed by atoms with Crippen molar-refractivity contribution in [2.24, 2.45) is 0 Å². The van der Waals surface area contributed by atoms with Gasteiger partial charge in [0.05, 0.1) is 12.0 Å². The third-order valence-electron chi connectivity index (χ3n) is 2.98. The largest absolute Gasteiger partial charge is 0.349 e. The Morgan fingerprint density at radius 2 is 2.21 bits per heavy atom. The molecule has 108 valence electrons. The molecule has 1 heterocycles. The van der Waals surface area contributed by atoms with Gasteiger partial charge in [0.2, 0.25) is 5.91 Å². The molecule has 19 heavy (non-hydrogen) atoms. The summed E-state index contributed by atoms with van der Waals surface area (Å²) in [7, 11) is 3.59. The smallest absolute Gasteiger partial charge is 0.222 e. The van der Waals surface area contributed by atoms with Crippen LogP contribution in [0.3, 0.4) is 0 Å². The van der Waals surface area contributed by atoms with Gasteiger partial charge in [-0.15, -0.1) is 0 Å². The van der Waals surface area contributed by atoms with Gasteiger partial charge in [-0.3, -0.25) is 4.79 Å². The highest BCUT2D eigenvalue weighted by Gasteiger charge is 2.04. The van der Waals surface area contributed by atoms with Crippen molar-refractivity contribution in [2.75, 3.05) is 27.2 Å². The van der Waals surface area contributed by atoms with Crippen LogP contribution in [0.25, 0.3) is 0 Å². The fourth-order valence-electron chi connectivity index (χ4n) is 1.81. The first kappa shape index (κ1) is 15.7. The van der Waals surface area contributed by atoms with Crippen LogP contribution in [-0.2, 0) is 17.8 Å². The standard InChI is InChI=1S/C14H26N4O/c1-4-8-15-9-7-13-11-18(12-16-13)10-5-6-14(19)17(2)3/h11-12,15H,4-10H2,1-3H3. The molecule has 0 unspecified atom stereocenters. The van der Waals surface area contributed by atoms with Gasteiger partial charge in [-0.05, 0) is 19.4 Å². The number of hydrogen-bond donors (Lipinski definition) is 1. The van der Waals surface area contributed by atoms with E-state index in [1.54, 1.807) is 19.0 Å². The van der Waals surface area contributed by atoms with Gasteiger partial charge < -0.3 is 14.8 Å². The van der Waals surface area contributed by atoms with E-state index in [1.165, 1.54) is 0 Å². The first-order valence-electron chi connectivity index (χ1n) is 7.05. The van der Waals surface area contributed by atoms with Gasteiger partial charge >= 0.3 is 0 Å². The van der Waals surface area contributed by atoms with Crippen molar-refractivity contribution in [3.05, 3.63) is 18.2 Å². The van der Waals surface area contributed by atoms with Gasteiger partial charge in [0.15, 0.2) is 0 Å². The Morgan fingerprint density at radius 1 is 1.42 bits per heavy atom. The first-order chi connectivity index (χ1) is 9.13. The second-order valence-corrected chi connectivity index (χ2v) is 4.99. The number of aromatic nitrogens is 2. The molecule has 0 aliphatic carbocycles. The van der Waals surface area contributed by atoms with Crippen molar-refractivity contribution in [2.45, 2.75) is 39.2 Å². The van der Waals surface area contributed by atoms with Gasteiger partial charge in [-0.2, -0.15) is 0 Å². The SMILES string of the molecule is CCCNCCc1cn(CCCC(=O)N(C)C)cn1. The summed E-state index contributed by atoms with van der Waals surface area (Å²) in [4.78, 5) is 17.4. The highest BCUT2D eigenvalue weighted by atomic mass is 16.2. The minimum atomic E-state index is 0.184. The number of nitrogens with zero attached hydrogens (tertiary/aromatic N) is 3. The van der Waals surface area contributed by atoms with Crippen LogP contribution in [0, 0.1) is 0 Å². The Morgan fingerprint density at radius 3 is 2.89 bits per heavy atom. The molecule has 0 saturated heterocycles. The molecule has 0 atom stereocenters. The maximum atomic E-state index is 11.4. The molecule has 0 radical (unpaired) electrons. The van der Waals surface area contributed by atoms with Gasteiger partial charge in [0.1, 0.15) is 0 Å². The van der Waals surface area contributed by atoms with E-state index < -0.39 is 0 Å². The van der Waals surface area contributed by atoms with Crippen LogP contribution in [0.1, 0.15) is 31.9 Å². The van der Waals surface area contributed by atoms with Crippen LogP contribution < -0.4 is 5.32 Å². The first-order valence-corrected chi connectivity index (χ1v) is 7.05. The summed E-state index contributed by atoms with van der Waals surface area (Å²) in [5, 5.41) is 3.36. The Balaban J connectivity index is 2.21. The van der Waals surface area contributed by atoms with Crippen LogP contribution in [0.5, 0.6) is 0 Å². The highest BCUT2D eigenvalue weighted by molar-refractivity contribution is 5.75. The second-order valence-electron chi connectivity index (χ2n) is 4.99. The maximum absolute atomic E-state index is 11.4. The Bertz CT molecular complexity index is 373. The zero-order valence-electron chi connectivity index (χ0n) is 12.4. The molecular weight excluding hydrogens is 240 g/mol. The zero-order chi connectivity index (χ0) is 14.1. The number of imidazole rings is 1. The number of amides is 1. The van der Waals surface area contributed by atoms with E-state index >= 15 is 0 Å². The van der Waals surface area contributed by atoms with Crippen LogP contribution in [-0.4, -0.2) is 47.5 Å². The van der Waals surface area contributed by atoms with Crippen molar-refractivity contribution in [1.82, 2.24) is 19.8 Å². The topological polar surface area (TPSA) is 50.2 Å². The lowest BCUT2D eigenvalue weighted by atomic mass is 10.3. The van der Waals surface area contributed by atoms with E-state index in [1.807, 2.05) is 6.33 Å².